The van der Waals surface area contributed by atoms with Crippen LogP contribution in [0.3, 0.4) is 0 Å². The normalized spacial score (nSPS) is 21.6. The van der Waals surface area contributed by atoms with E-state index in [0.29, 0.717) is 5.92 Å². The predicted octanol–water partition coefficient (Wildman–Crippen LogP) is 3.18. The predicted molar refractivity (Wildman–Crippen MR) is 85.3 cm³/mol. The minimum Gasteiger partial charge on any atom is -0.335 e. The van der Waals surface area contributed by atoms with E-state index in [9.17, 15) is 9.59 Å². The molecule has 4 nitrogen and oxygen atoms in total. The number of urea groups is 1. The number of carbonyl (C=O) groups excluding carboxylic acids is 2. The molecule has 0 heterocycles. The summed E-state index contributed by atoms with van der Waals surface area (Å²) in [7, 11) is 0. The maximum Gasteiger partial charge on any atom is 0.321 e. The highest BCUT2D eigenvalue weighted by atomic mass is 32.2. The van der Waals surface area contributed by atoms with Gasteiger partial charge in [-0.3, -0.25) is 10.1 Å². The molecule has 0 aliphatic heterocycles. The van der Waals surface area contributed by atoms with E-state index in [1.807, 2.05) is 30.3 Å². The van der Waals surface area contributed by atoms with E-state index in [0.717, 1.165) is 24.2 Å². The van der Waals surface area contributed by atoms with Gasteiger partial charge in [-0.1, -0.05) is 38.0 Å². The monoisotopic (exact) mass is 306 g/mol. The van der Waals surface area contributed by atoms with Gasteiger partial charge in [-0.2, -0.15) is 0 Å². The Bertz CT molecular complexity index is 478. The molecule has 1 aromatic rings. The topological polar surface area (TPSA) is 58.2 Å². The van der Waals surface area contributed by atoms with Crippen molar-refractivity contribution in [3.63, 3.8) is 0 Å². The van der Waals surface area contributed by atoms with Crippen LogP contribution < -0.4 is 10.6 Å². The molecule has 0 radical (unpaired) electrons. The van der Waals surface area contributed by atoms with Gasteiger partial charge in [0.2, 0.25) is 5.91 Å². The zero-order chi connectivity index (χ0) is 15.1. The molecule has 1 fully saturated rings. The first-order valence-corrected chi connectivity index (χ1v) is 8.42. The molecule has 0 saturated heterocycles. The molecule has 2 atom stereocenters. The fourth-order valence-electron chi connectivity index (χ4n) is 2.56. The van der Waals surface area contributed by atoms with E-state index in [2.05, 4.69) is 17.6 Å². The number of amides is 3. The van der Waals surface area contributed by atoms with Crippen molar-refractivity contribution >= 4 is 23.7 Å². The molecule has 1 saturated carbocycles. The second-order valence-corrected chi connectivity index (χ2v) is 6.54. The summed E-state index contributed by atoms with van der Waals surface area (Å²) in [5.74, 6) is 0.473. The first-order valence-electron chi connectivity index (χ1n) is 7.43. The molecule has 0 spiro atoms. The number of rotatable bonds is 4. The van der Waals surface area contributed by atoms with Crippen LogP contribution in [-0.4, -0.2) is 23.7 Å². The van der Waals surface area contributed by atoms with Crippen molar-refractivity contribution in [2.75, 3.05) is 5.75 Å². The quantitative estimate of drug-likeness (QED) is 0.840. The molecule has 1 aromatic carbocycles. The Labute approximate surface area is 130 Å². The lowest BCUT2D eigenvalue weighted by molar-refractivity contribution is -0.117. The van der Waals surface area contributed by atoms with Gasteiger partial charge in [0.1, 0.15) is 0 Å². The Morgan fingerprint density at radius 2 is 1.90 bits per heavy atom. The van der Waals surface area contributed by atoms with Crippen molar-refractivity contribution in [3.8, 4) is 0 Å². The summed E-state index contributed by atoms with van der Waals surface area (Å²) in [4.78, 5) is 24.6. The largest absolute Gasteiger partial charge is 0.335 e. The van der Waals surface area contributed by atoms with Crippen molar-refractivity contribution in [3.05, 3.63) is 30.3 Å². The van der Waals surface area contributed by atoms with Gasteiger partial charge in [0.05, 0.1) is 5.75 Å². The zero-order valence-electron chi connectivity index (χ0n) is 12.3. The van der Waals surface area contributed by atoms with Crippen molar-refractivity contribution in [1.29, 1.82) is 0 Å². The standard InChI is InChI=1S/C16H22N2O2S/c1-12-7-5-6-10-14(12)17-16(20)18-15(19)11-21-13-8-3-2-4-9-13/h2-4,8-9,12,14H,5-7,10-11H2,1H3,(H2,17,18,19,20)/t12-,14+/m0/s1. The summed E-state index contributed by atoms with van der Waals surface area (Å²) in [5, 5.41) is 5.33. The Balaban J connectivity index is 1.70. The SMILES string of the molecule is C[C@H]1CCCC[C@H]1NC(=O)NC(=O)CSc1ccccc1. The van der Waals surface area contributed by atoms with Gasteiger partial charge >= 0.3 is 6.03 Å². The Hall–Kier alpha value is -1.49. The molecule has 2 N–H and O–H groups in total. The summed E-state index contributed by atoms with van der Waals surface area (Å²) in [6.07, 6.45) is 4.52. The molecule has 0 unspecified atom stereocenters. The lowest BCUT2D eigenvalue weighted by atomic mass is 9.86. The highest BCUT2D eigenvalue weighted by Crippen LogP contribution is 2.23. The van der Waals surface area contributed by atoms with Crippen LogP contribution in [0.4, 0.5) is 4.79 Å². The molecule has 1 aliphatic rings. The van der Waals surface area contributed by atoms with Crippen molar-refractivity contribution in [2.45, 2.75) is 43.5 Å². The summed E-state index contributed by atoms with van der Waals surface area (Å²) >= 11 is 1.43. The molecule has 3 amide bonds. The second-order valence-electron chi connectivity index (χ2n) is 5.49. The van der Waals surface area contributed by atoms with E-state index in [4.69, 9.17) is 0 Å². The average molecular weight is 306 g/mol. The van der Waals surface area contributed by atoms with Crippen LogP contribution in [0.5, 0.6) is 0 Å². The maximum absolute atomic E-state index is 11.8. The second kappa shape index (κ2) is 8.08. The molecule has 1 aliphatic carbocycles. The number of hydrogen-bond donors (Lipinski definition) is 2. The van der Waals surface area contributed by atoms with Crippen LogP contribution in [0.1, 0.15) is 32.6 Å². The Morgan fingerprint density at radius 3 is 2.62 bits per heavy atom. The molecule has 2 rings (SSSR count). The lowest BCUT2D eigenvalue weighted by Crippen LogP contribution is -2.48. The number of hydrogen-bond acceptors (Lipinski definition) is 3. The van der Waals surface area contributed by atoms with E-state index in [1.54, 1.807) is 0 Å². The van der Waals surface area contributed by atoms with Gasteiger partial charge in [-0.15, -0.1) is 11.8 Å². The third kappa shape index (κ3) is 5.42. The molecular weight excluding hydrogens is 284 g/mol. The number of nitrogens with one attached hydrogen (secondary N) is 2. The average Bonchev–Trinajstić information content (AvgIpc) is 2.48. The number of imide groups is 1. The van der Waals surface area contributed by atoms with Crippen molar-refractivity contribution in [2.24, 2.45) is 5.92 Å². The maximum atomic E-state index is 11.8. The summed E-state index contributed by atoms with van der Waals surface area (Å²) in [6.45, 7) is 2.15. The van der Waals surface area contributed by atoms with Gasteiger partial charge < -0.3 is 5.32 Å². The summed E-state index contributed by atoms with van der Waals surface area (Å²) in [6, 6.07) is 9.50. The first-order chi connectivity index (χ1) is 10.1. The molecule has 21 heavy (non-hydrogen) atoms. The van der Waals surface area contributed by atoms with Crippen LogP contribution in [0.25, 0.3) is 0 Å². The minimum absolute atomic E-state index is 0.188. The van der Waals surface area contributed by atoms with Crippen molar-refractivity contribution < 1.29 is 9.59 Å². The molecule has 114 valence electrons. The number of benzene rings is 1. The third-order valence-corrected chi connectivity index (χ3v) is 4.81. The van der Waals surface area contributed by atoms with E-state index < -0.39 is 0 Å². The summed E-state index contributed by atoms with van der Waals surface area (Å²) < 4.78 is 0. The van der Waals surface area contributed by atoms with Gasteiger partial charge in [-0.25, -0.2) is 4.79 Å². The minimum atomic E-state index is -0.368. The first kappa shape index (κ1) is 15.9. The van der Waals surface area contributed by atoms with Crippen LogP contribution in [0.15, 0.2) is 35.2 Å². The number of carbonyl (C=O) groups is 2. The Morgan fingerprint density at radius 1 is 1.19 bits per heavy atom. The fourth-order valence-corrected chi connectivity index (χ4v) is 3.28. The van der Waals surface area contributed by atoms with Crippen LogP contribution in [0, 0.1) is 5.92 Å². The van der Waals surface area contributed by atoms with Crippen molar-refractivity contribution in [1.82, 2.24) is 10.6 Å². The van der Waals surface area contributed by atoms with Gasteiger partial charge in [-0.05, 0) is 30.9 Å². The smallest absolute Gasteiger partial charge is 0.321 e. The van der Waals surface area contributed by atoms with Gasteiger partial charge in [0.15, 0.2) is 0 Å². The highest BCUT2D eigenvalue weighted by molar-refractivity contribution is 8.00. The van der Waals surface area contributed by atoms with E-state index >= 15 is 0 Å². The lowest BCUT2D eigenvalue weighted by Gasteiger charge is -2.29. The highest BCUT2D eigenvalue weighted by Gasteiger charge is 2.23. The fraction of sp³-hybridized carbons (Fsp3) is 0.500. The summed E-state index contributed by atoms with van der Waals surface area (Å²) in [5.41, 5.74) is 0. The van der Waals surface area contributed by atoms with Gasteiger partial charge in [0, 0.05) is 10.9 Å². The molecule has 0 bridgehead atoms. The van der Waals surface area contributed by atoms with E-state index in [-0.39, 0.29) is 23.7 Å². The van der Waals surface area contributed by atoms with Crippen LogP contribution in [0.2, 0.25) is 0 Å². The Kier molecular flexibility index (Phi) is 6.11. The molecular formula is C16H22N2O2S. The third-order valence-electron chi connectivity index (χ3n) is 3.79. The van der Waals surface area contributed by atoms with Crippen LogP contribution in [-0.2, 0) is 4.79 Å². The van der Waals surface area contributed by atoms with Crippen LogP contribution >= 0.6 is 11.8 Å². The van der Waals surface area contributed by atoms with Gasteiger partial charge in [0.25, 0.3) is 0 Å². The number of thioether (sulfide) groups is 1. The van der Waals surface area contributed by atoms with E-state index in [1.165, 1.54) is 18.2 Å². The molecule has 5 heteroatoms. The molecule has 0 aromatic heterocycles. The zero-order valence-corrected chi connectivity index (χ0v) is 13.1.